The molecule has 0 spiro atoms. The topological polar surface area (TPSA) is 54.0 Å². The van der Waals surface area contributed by atoms with E-state index < -0.39 is 0 Å². The predicted molar refractivity (Wildman–Crippen MR) is 69.7 cm³/mol. The number of hydrogen-bond donors (Lipinski definition) is 2. The van der Waals surface area contributed by atoms with Crippen molar-refractivity contribution < 1.29 is 4.79 Å². The van der Waals surface area contributed by atoms with E-state index in [2.05, 4.69) is 15.6 Å². The molecule has 1 aromatic rings. The smallest absolute Gasteiger partial charge is 0.263 e. The lowest BCUT2D eigenvalue weighted by atomic mass is 10.0. The minimum absolute atomic E-state index is 0.0116. The first kappa shape index (κ1) is 12.5. The zero-order chi connectivity index (χ0) is 12.3. The van der Waals surface area contributed by atoms with Crippen molar-refractivity contribution in [2.45, 2.75) is 32.6 Å². The molecule has 0 aromatic carbocycles. The molecule has 1 aliphatic heterocycles. The number of hydrogen-bond acceptors (Lipinski definition) is 4. The first-order valence-electron chi connectivity index (χ1n) is 6.18. The van der Waals surface area contributed by atoms with Crippen molar-refractivity contribution in [2.24, 2.45) is 0 Å². The maximum atomic E-state index is 11.8. The van der Waals surface area contributed by atoms with Crippen LogP contribution in [0.15, 0.2) is 0 Å². The van der Waals surface area contributed by atoms with E-state index in [-0.39, 0.29) is 5.91 Å². The van der Waals surface area contributed by atoms with Crippen LogP contribution in [0.4, 0.5) is 0 Å². The van der Waals surface area contributed by atoms with E-state index in [9.17, 15) is 4.79 Å². The molecular formula is C12H19N3OS. The van der Waals surface area contributed by atoms with Crippen LogP contribution in [0.25, 0.3) is 0 Å². The van der Waals surface area contributed by atoms with Crippen molar-refractivity contribution in [3.8, 4) is 0 Å². The van der Waals surface area contributed by atoms with Crippen molar-refractivity contribution >= 4 is 17.2 Å². The lowest BCUT2D eigenvalue weighted by Gasteiger charge is -2.20. The summed E-state index contributed by atoms with van der Waals surface area (Å²) in [7, 11) is 0. The van der Waals surface area contributed by atoms with Gasteiger partial charge in [0.2, 0.25) is 0 Å². The summed E-state index contributed by atoms with van der Waals surface area (Å²) in [6.07, 6.45) is 2.37. The highest BCUT2D eigenvalue weighted by Crippen LogP contribution is 2.29. The Labute approximate surface area is 106 Å². The molecule has 94 valence electrons. The number of carbonyl (C=O) groups is 1. The molecular weight excluding hydrogens is 234 g/mol. The molecule has 1 aliphatic rings. The van der Waals surface area contributed by atoms with Gasteiger partial charge in [0.05, 0.1) is 10.7 Å². The Morgan fingerprint density at radius 2 is 2.47 bits per heavy atom. The second kappa shape index (κ2) is 5.60. The lowest BCUT2D eigenvalue weighted by Crippen LogP contribution is -2.28. The largest absolute Gasteiger partial charge is 0.352 e. The summed E-state index contributed by atoms with van der Waals surface area (Å²) in [6.45, 7) is 6.60. The Kier molecular flexibility index (Phi) is 4.12. The summed E-state index contributed by atoms with van der Waals surface area (Å²) in [4.78, 5) is 17.1. The Hall–Kier alpha value is -0.940. The Morgan fingerprint density at radius 1 is 1.65 bits per heavy atom. The molecule has 1 aromatic heterocycles. The first-order valence-corrected chi connectivity index (χ1v) is 7.00. The third-order valence-electron chi connectivity index (χ3n) is 3.00. The van der Waals surface area contributed by atoms with E-state index in [0.29, 0.717) is 12.5 Å². The molecule has 0 aliphatic carbocycles. The van der Waals surface area contributed by atoms with Crippen molar-refractivity contribution in [1.29, 1.82) is 0 Å². The fourth-order valence-electron chi connectivity index (χ4n) is 2.11. The molecule has 1 amide bonds. The molecule has 4 nitrogen and oxygen atoms in total. The van der Waals surface area contributed by atoms with Gasteiger partial charge in [-0.05, 0) is 33.2 Å². The van der Waals surface area contributed by atoms with Gasteiger partial charge in [0.15, 0.2) is 0 Å². The minimum atomic E-state index is 0.0116. The molecule has 0 unspecified atom stereocenters. The standard InChI is InChI=1S/C12H19N3OS/c1-3-14-11(16)10-8(2)15-12(17-10)9-5-4-6-13-7-9/h9,13H,3-7H2,1-2H3,(H,14,16)/t9-/m0/s1. The molecule has 2 N–H and O–H groups in total. The normalized spacial score (nSPS) is 20.2. The SMILES string of the molecule is CCNC(=O)c1sc([C@H]2CCCNC2)nc1C. The van der Waals surface area contributed by atoms with Crippen LogP contribution in [0.1, 0.15) is 46.1 Å². The van der Waals surface area contributed by atoms with Crippen molar-refractivity contribution in [3.05, 3.63) is 15.6 Å². The summed E-state index contributed by atoms with van der Waals surface area (Å²) in [6, 6.07) is 0. The fourth-order valence-corrected chi connectivity index (χ4v) is 3.22. The van der Waals surface area contributed by atoms with Gasteiger partial charge in [0, 0.05) is 19.0 Å². The van der Waals surface area contributed by atoms with Gasteiger partial charge in [-0.3, -0.25) is 4.79 Å². The molecule has 5 heteroatoms. The second-order valence-corrected chi connectivity index (χ2v) is 5.40. The van der Waals surface area contributed by atoms with Gasteiger partial charge < -0.3 is 10.6 Å². The van der Waals surface area contributed by atoms with E-state index in [1.165, 1.54) is 12.8 Å². The Balaban J connectivity index is 2.14. The zero-order valence-electron chi connectivity index (χ0n) is 10.4. The maximum absolute atomic E-state index is 11.8. The number of piperidine rings is 1. The summed E-state index contributed by atoms with van der Waals surface area (Å²) in [5.74, 6) is 0.494. The third kappa shape index (κ3) is 2.84. The van der Waals surface area contributed by atoms with Crippen LogP contribution in [0, 0.1) is 6.92 Å². The number of nitrogens with one attached hydrogen (secondary N) is 2. The minimum Gasteiger partial charge on any atom is -0.352 e. The van der Waals surface area contributed by atoms with Crippen LogP contribution in [0.3, 0.4) is 0 Å². The van der Waals surface area contributed by atoms with Gasteiger partial charge in [-0.2, -0.15) is 0 Å². The van der Waals surface area contributed by atoms with Gasteiger partial charge >= 0.3 is 0 Å². The van der Waals surface area contributed by atoms with Crippen LogP contribution in [0.2, 0.25) is 0 Å². The highest BCUT2D eigenvalue weighted by molar-refractivity contribution is 7.13. The van der Waals surface area contributed by atoms with Crippen LogP contribution < -0.4 is 10.6 Å². The van der Waals surface area contributed by atoms with Crippen LogP contribution in [-0.2, 0) is 0 Å². The summed E-state index contributed by atoms with van der Waals surface area (Å²) >= 11 is 1.55. The lowest BCUT2D eigenvalue weighted by molar-refractivity contribution is 0.0959. The molecule has 1 saturated heterocycles. The molecule has 1 fully saturated rings. The number of aryl methyl sites for hydroxylation is 1. The average Bonchev–Trinajstić information content (AvgIpc) is 2.73. The average molecular weight is 253 g/mol. The van der Waals surface area contributed by atoms with Gasteiger partial charge in [-0.15, -0.1) is 11.3 Å². The Bertz CT molecular complexity index is 396. The number of rotatable bonds is 3. The molecule has 0 radical (unpaired) electrons. The van der Waals surface area contributed by atoms with Crippen molar-refractivity contribution in [3.63, 3.8) is 0 Å². The Morgan fingerprint density at radius 3 is 3.12 bits per heavy atom. The van der Waals surface area contributed by atoms with Crippen molar-refractivity contribution in [2.75, 3.05) is 19.6 Å². The van der Waals surface area contributed by atoms with E-state index >= 15 is 0 Å². The molecule has 0 bridgehead atoms. The van der Waals surface area contributed by atoms with Gasteiger partial charge in [0.1, 0.15) is 4.88 Å². The first-order chi connectivity index (χ1) is 8.22. The monoisotopic (exact) mass is 253 g/mol. The molecule has 2 rings (SSSR count). The number of amides is 1. The number of thiazole rings is 1. The second-order valence-electron chi connectivity index (χ2n) is 4.37. The van der Waals surface area contributed by atoms with Crippen molar-refractivity contribution in [1.82, 2.24) is 15.6 Å². The maximum Gasteiger partial charge on any atom is 0.263 e. The highest BCUT2D eigenvalue weighted by atomic mass is 32.1. The van der Waals surface area contributed by atoms with Gasteiger partial charge in [-0.1, -0.05) is 0 Å². The summed E-state index contributed by atoms with van der Waals surface area (Å²) in [5.41, 5.74) is 0.863. The van der Waals surface area contributed by atoms with E-state index in [1.54, 1.807) is 11.3 Å². The van der Waals surface area contributed by atoms with Crippen LogP contribution in [0.5, 0.6) is 0 Å². The van der Waals surface area contributed by atoms with Gasteiger partial charge in [-0.25, -0.2) is 4.98 Å². The highest BCUT2D eigenvalue weighted by Gasteiger charge is 2.22. The summed E-state index contributed by atoms with van der Waals surface area (Å²) < 4.78 is 0. The molecule has 17 heavy (non-hydrogen) atoms. The molecule has 1 atom stereocenters. The van der Waals surface area contributed by atoms with E-state index in [0.717, 1.165) is 28.7 Å². The van der Waals surface area contributed by atoms with Crippen LogP contribution in [-0.4, -0.2) is 30.5 Å². The van der Waals surface area contributed by atoms with Gasteiger partial charge in [0.25, 0.3) is 5.91 Å². The summed E-state index contributed by atoms with van der Waals surface area (Å²) in [5, 5.41) is 7.32. The number of nitrogens with zero attached hydrogens (tertiary/aromatic N) is 1. The third-order valence-corrected chi connectivity index (χ3v) is 4.32. The molecule has 0 saturated carbocycles. The number of aromatic nitrogens is 1. The van der Waals surface area contributed by atoms with E-state index in [1.807, 2.05) is 13.8 Å². The van der Waals surface area contributed by atoms with E-state index in [4.69, 9.17) is 0 Å². The molecule has 2 heterocycles. The predicted octanol–water partition coefficient (Wildman–Crippen LogP) is 1.67. The zero-order valence-corrected chi connectivity index (χ0v) is 11.2. The van der Waals surface area contributed by atoms with Crippen LogP contribution >= 0.6 is 11.3 Å². The number of carbonyl (C=O) groups excluding carboxylic acids is 1. The quantitative estimate of drug-likeness (QED) is 0.861. The fraction of sp³-hybridized carbons (Fsp3) is 0.667.